The largest absolute Gasteiger partial charge is 0.496 e. The van der Waals surface area contributed by atoms with Gasteiger partial charge in [0.25, 0.3) is 0 Å². The van der Waals surface area contributed by atoms with Gasteiger partial charge < -0.3 is 10.5 Å². The molecule has 1 aromatic rings. The predicted molar refractivity (Wildman–Crippen MR) is 70.0 cm³/mol. The van der Waals surface area contributed by atoms with Crippen LogP contribution in [-0.2, 0) is 5.41 Å². The van der Waals surface area contributed by atoms with Crippen molar-refractivity contribution in [2.45, 2.75) is 31.6 Å². The summed E-state index contributed by atoms with van der Waals surface area (Å²) in [7, 11) is 1.70. The van der Waals surface area contributed by atoms with Crippen LogP contribution in [0.3, 0.4) is 0 Å². The molecular weight excluding hydrogens is 266 g/mol. The lowest BCUT2D eigenvalue weighted by Crippen LogP contribution is -2.42. The summed E-state index contributed by atoms with van der Waals surface area (Å²) in [6, 6.07) is 4.13. The summed E-state index contributed by atoms with van der Waals surface area (Å²) in [5, 5.41) is 0. The van der Waals surface area contributed by atoms with Crippen LogP contribution in [0.2, 0.25) is 0 Å². The third-order valence-corrected chi connectivity index (χ3v) is 4.55. The molecule has 88 valence electrons. The highest BCUT2D eigenvalue weighted by atomic mass is 79.9. The zero-order chi connectivity index (χ0) is 11.8. The minimum Gasteiger partial charge on any atom is -0.496 e. The molecule has 2 N–H and O–H groups in total. The Hall–Kier alpha value is -0.540. The van der Waals surface area contributed by atoms with Gasteiger partial charge in [0.05, 0.1) is 11.6 Å². The average molecular weight is 284 g/mol. The summed E-state index contributed by atoms with van der Waals surface area (Å²) in [4.78, 5) is 0. The standard InChI is InChI=1S/C13H18BrNO/c1-9-4-5-10(16-2)12(14)11(9)13(8-15)6-3-7-13/h4-5H,3,6-8,15H2,1-2H3. The van der Waals surface area contributed by atoms with Crippen LogP contribution in [0.25, 0.3) is 0 Å². The molecule has 0 saturated heterocycles. The van der Waals surface area contributed by atoms with Crippen molar-refractivity contribution >= 4 is 15.9 Å². The Morgan fingerprint density at radius 2 is 2.12 bits per heavy atom. The first-order valence-electron chi connectivity index (χ1n) is 5.68. The van der Waals surface area contributed by atoms with Gasteiger partial charge in [-0.15, -0.1) is 0 Å². The van der Waals surface area contributed by atoms with Gasteiger partial charge in [0.1, 0.15) is 5.75 Å². The number of benzene rings is 1. The monoisotopic (exact) mass is 283 g/mol. The number of ether oxygens (including phenoxy) is 1. The van der Waals surface area contributed by atoms with Gasteiger partial charge in [-0.2, -0.15) is 0 Å². The Labute approximate surface area is 105 Å². The molecule has 0 aliphatic heterocycles. The van der Waals surface area contributed by atoms with E-state index < -0.39 is 0 Å². The predicted octanol–water partition coefficient (Wildman–Crippen LogP) is 3.15. The molecule has 2 nitrogen and oxygen atoms in total. The number of halogens is 1. The number of hydrogen-bond donors (Lipinski definition) is 1. The maximum atomic E-state index is 5.97. The lowest BCUT2D eigenvalue weighted by Gasteiger charge is -2.43. The van der Waals surface area contributed by atoms with Gasteiger partial charge in [-0.25, -0.2) is 0 Å². The molecule has 1 fully saturated rings. The highest BCUT2D eigenvalue weighted by Gasteiger charge is 2.40. The molecule has 1 aromatic carbocycles. The summed E-state index contributed by atoms with van der Waals surface area (Å²) < 4.78 is 6.44. The van der Waals surface area contributed by atoms with Crippen molar-refractivity contribution in [1.82, 2.24) is 0 Å². The van der Waals surface area contributed by atoms with Crippen molar-refractivity contribution in [3.63, 3.8) is 0 Å². The maximum Gasteiger partial charge on any atom is 0.133 e. The summed E-state index contributed by atoms with van der Waals surface area (Å²) in [6.07, 6.45) is 3.66. The van der Waals surface area contributed by atoms with Crippen LogP contribution < -0.4 is 10.5 Å². The van der Waals surface area contributed by atoms with E-state index in [1.807, 2.05) is 6.07 Å². The lowest BCUT2D eigenvalue weighted by molar-refractivity contribution is 0.249. The Kier molecular flexibility index (Phi) is 3.27. The number of nitrogens with two attached hydrogens (primary N) is 1. The van der Waals surface area contributed by atoms with Crippen LogP contribution in [0.5, 0.6) is 5.75 Å². The van der Waals surface area contributed by atoms with Gasteiger partial charge >= 0.3 is 0 Å². The van der Waals surface area contributed by atoms with Crippen molar-refractivity contribution < 1.29 is 4.74 Å². The van der Waals surface area contributed by atoms with Gasteiger partial charge in [-0.3, -0.25) is 0 Å². The van der Waals surface area contributed by atoms with Gasteiger partial charge in [0.2, 0.25) is 0 Å². The summed E-state index contributed by atoms with van der Waals surface area (Å²) in [5.74, 6) is 0.903. The number of methoxy groups -OCH3 is 1. The second-order valence-corrected chi connectivity index (χ2v) is 5.40. The molecule has 0 amide bonds. The Balaban J connectivity index is 2.54. The molecule has 0 radical (unpaired) electrons. The van der Waals surface area contributed by atoms with Gasteiger partial charge in [-0.05, 0) is 52.9 Å². The molecule has 1 aliphatic carbocycles. The molecule has 0 bridgehead atoms. The first kappa shape index (κ1) is 11.9. The SMILES string of the molecule is COc1ccc(C)c(C2(CN)CCC2)c1Br. The maximum absolute atomic E-state index is 5.97. The third kappa shape index (κ3) is 1.66. The van der Waals surface area contributed by atoms with Crippen LogP contribution in [0.15, 0.2) is 16.6 Å². The Morgan fingerprint density at radius 1 is 1.44 bits per heavy atom. The second kappa shape index (κ2) is 4.38. The van der Waals surface area contributed by atoms with Crippen LogP contribution in [0, 0.1) is 6.92 Å². The van der Waals surface area contributed by atoms with E-state index in [9.17, 15) is 0 Å². The van der Waals surface area contributed by atoms with Gasteiger partial charge in [0, 0.05) is 12.0 Å². The summed E-state index contributed by atoms with van der Waals surface area (Å²) in [5.41, 5.74) is 8.80. The van der Waals surface area contributed by atoms with Crippen molar-refractivity contribution in [3.05, 3.63) is 27.7 Å². The van der Waals surface area contributed by atoms with E-state index in [0.29, 0.717) is 0 Å². The normalized spacial score (nSPS) is 18.0. The smallest absolute Gasteiger partial charge is 0.133 e. The fourth-order valence-electron chi connectivity index (χ4n) is 2.62. The number of aryl methyl sites for hydroxylation is 1. The van der Waals surface area contributed by atoms with Crippen molar-refractivity contribution in [3.8, 4) is 5.75 Å². The highest BCUT2D eigenvalue weighted by Crippen LogP contribution is 2.48. The number of hydrogen-bond acceptors (Lipinski definition) is 2. The Morgan fingerprint density at radius 3 is 2.56 bits per heavy atom. The first-order chi connectivity index (χ1) is 7.64. The van der Waals surface area contributed by atoms with E-state index in [4.69, 9.17) is 10.5 Å². The van der Waals surface area contributed by atoms with E-state index in [1.165, 1.54) is 30.4 Å². The van der Waals surface area contributed by atoms with E-state index in [2.05, 4.69) is 28.9 Å². The third-order valence-electron chi connectivity index (χ3n) is 3.77. The molecular formula is C13H18BrNO. The molecule has 0 aromatic heterocycles. The van der Waals surface area contributed by atoms with Gasteiger partial charge in [0.15, 0.2) is 0 Å². The quantitative estimate of drug-likeness (QED) is 0.925. The van der Waals surface area contributed by atoms with E-state index in [0.717, 1.165) is 16.8 Å². The van der Waals surface area contributed by atoms with Crippen LogP contribution in [0.4, 0.5) is 0 Å². The van der Waals surface area contributed by atoms with Gasteiger partial charge in [-0.1, -0.05) is 12.5 Å². The molecule has 0 atom stereocenters. The lowest BCUT2D eigenvalue weighted by atomic mass is 9.63. The topological polar surface area (TPSA) is 35.2 Å². The molecule has 2 rings (SSSR count). The summed E-state index contributed by atoms with van der Waals surface area (Å²) in [6.45, 7) is 2.87. The molecule has 3 heteroatoms. The van der Waals surface area contributed by atoms with Crippen molar-refractivity contribution in [1.29, 1.82) is 0 Å². The number of rotatable bonds is 3. The zero-order valence-electron chi connectivity index (χ0n) is 9.85. The van der Waals surface area contributed by atoms with E-state index in [1.54, 1.807) is 7.11 Å². The molecule has 1 saturated carbocycles. The molecule has 1 aliphatic rings. The van der Waals surface area contributed by atoms with Crippen LogP contribution >= 0.6 is 15.9 Å². The second-order valence-electron chi connectivity index (χ2n) is 4.61. The highest BCUT2D eigenvalue weighted by molar-refractivity contribution is 9.10. The van der Waals surface area contributed by atoms with Crippen LogP contribution in [0.1, 0.15) is 30.4 Å². The minimum absolute atomic E-state index is 0.178. The molecule has 16 heavy (non-hydrogen) atoms. The molecule has 0 heterocycles. The fraction of sp³-hybridized carbons (Fsp3) is 0.538. The Bertz CT molecular complexity index is 394. The van der Waals surface area contributed by atoms with Crippen LogP contribution in [-0.4, -0.2) is 13.7 Å². The minimum atomic E-state index is 0.178. The summed E-state index contributed by atoms with van der Waals surface area (Å²) >= 11 is 3.66. The van der Waals surface area contributed by atoms with Crippen molar-refractivity contribution in [2.75, 3.05) is 13.7 Å². The zero-order valence-corrected chi connectivity index (χ0v) is 11.4. The van der Waals surface area contributed by atoms with Crippen molar-refractivity contribution in [2.24, 2.45) is 5.73 Å². The average Bonchev–Trinajstić information content (AvgIpc) is 2.22. The molecule has 0 unspecified atom stereocenters. The van der Waals surface area contributed by atoms with E-state index >= 15 is 0 Å². The molecule has 0 spiro atoms. The first-order valence-corrected chi connectivity index (χ1v) is 6.47. The van der Waals surface area contributed by atoms with E-state index in [-0.39, 0.29) is 5.41 Å². The fourth-order valence-corrected chi connectivity index (χ4v) is 3.65.